The van der Waals surface area contributed by atoms with Crippen LogP contribution in [0.4, 0.5) is 0 Å². The van der Waals surface area contributed by atoms with Crippen molar-refractivity contribution in [1.29, 1.82) is 0 Å². The van der Waals surface area contributed by atoms with Crippen molar-refractivity contribution >= 4 is 0 Å². The second kappa shape index (κ2) is 4.37. The molecule has 0 aromatic rings. The Labute approximate surface area is 56.5 Å². The number of hydrogen-bond acceptors (Lipinski definition) is 2. The quantitative estimate of drug-likeness (QED) is 0.450. The molecular formula is C7H13NO. The van der Waals surface area contributed by atoms with Crippen LogP contribution in [0.2, 0.25) is 0 Å². The molecule has 0 radical (unpaired) electrons. The molecule has 0 saturated carbocycles. The molecule has 0 spiro atoms. The molecule has 0 amide bonds. The van der Waals surface area contributed by atoms with Gasteiger partial charge in [0.1, 0.15) is 0 Å². The molecule has 0 aromatic heterocycles. The van der Waals surface area contributed by atoms with Crippen LogP contribution in [-0.2, 0) is 4.84 Å². The fourth-order valence-corrected chi connectivity index (χ4v) is 0.272. The van der Waals surface area contributed by atoms with Crippen LogP contribution >= 0.6 is 0 Å². The van der Waals surface area contributed by atoms with Crippen molar-refractivity contribution in [2.24, 2.45) is 0 Å². The van der Waals surface area contributed by atoms with Gasteiger partial charge in [0.05, 0.1) is 12.1 Å². The van der Waals surface area contributed by atoms with Crippen molar-refractivity contribution in [2.75, 3.05) is 0 Å². The number of rotatable bonds is 3. The Kier molecular flexibility index (Phi) is 4.12. The van der Waals surface area contributed by atoms with Gasteiger partial charge in [-0.3, -0.25) is 4.84 Å². The van der Waals surface area contributed by atoms with Gasteiger partial charge < -0.3 is 0 Å². The van der Waals surface area contributed by atoms with E-state index in [-0.39, 0.29) is 12.1 Å². The van der Waals surface area contributed by atoms with Gasteiger partial charge in [-0.2, -0.15) is 5.48 Å². The third-order valence-corrected chi connectivity index (χ3v) is 0.731. The maximum atomic E-state index is 5.07. The van der Waals surface area contributed by atoms with Crippen molar-refractivity contribution in [3.05, 3.63) is 0 Å². The van der Waals surface area contributed by atoms with Crippen LogP contribution < -0.4 is 5.48 Å². The van der Waals surface area contributed by atoms with Gasteiger partial charge in [-0.1, -0.05) is 5.92 Å². The topological polar surface area (TPSA) is 21.3 Å². The summed E-state index contributed by atoms with van der Waals surface area (Å²) in [5.41, 5.74) is 2.70. The van der Waals surface area contributed by atoms with Crippen LogP contribution in [-0.4, -0.2) is 12.1 Å². The molecule has 0 heterocycles. The Bertz CT molecular complexity index is 104. The Morgan fingerprint density at radius 1 is 1.44 bits per heavy atom. The minimum absolute atomic E-state index is 0.00704. The van der Waals surface area contributed by atoms with Crippen molar-refractivity contribution in [1.82, 2.24) is 5.48 Å². The summed E-state index contributed by atoms with van der Waals surface area (Å²) in [6.07, 6.45) is 5.25. The molecule has 0 fully saturated rings. The summed E-state index contributed by atoms with van der Waals surface area (Å²) >= 11 is 0. The Morgan fingerprint density at radius 3 is 2.33 bits per heavy atom. The van der Waals surface area contributed by atoms with Crippen LogP contribution in [0.15, 0.2) is 0 Å². The molecule has 2 heteroatoms. The average Bonchev–Trinajstić information content (AvgIpc) is 1.83. The largest absolute Gasteiger partial charge is 0.298 e. The molecule has 0 aliphatic heterocycles. The molecule has 0 aliphatic carbocycles. The summed E-state index contributed by atoms with van der Waals surface area (Å²) in [6, 6.07) is -0.00704. The minimum Gasteiger partial charge on any atom is -0.298 e. The van der Waals surface area contributed by atoms with E-state index < -0.39 is 0 Å². The third kappa shape index (κ3) is 5.35. The molecule has 0 aliphatic rings. The highest BCUT2D eigenvalue weighted by Gasteiger charge is 1.95. The molecule has 2 nitrogen and oxygen atoms in total. The monoisotopic (exact) mass is 127 g/mol. The molecule has 0 aromatic carbocycles. The summed E-state index contributed by atoms with van der Waals surface area (Å²) in [5.74, 6) is 2.48. The van der Waals surface area contributed by atoms with Gasteiger partial charge in [0.25, 0.3) is 0 Å². The van der Waals surface area contributed by atoms with E-state index >= 15 is 0 Å². The Morgan fingerprint density at radius 2 is 2.00 bits per heavy atom. The average molecular weight is 127 g/mol. The first-order valence-corrected chi connectivity index (χ1v) is 3.04. The van der Waals surface area contributed by atoms with Crippen molar-refractivity contribution in [3.8, 4) is 12.3 Å². The molecule has 0 rings (SSSR count). The third-order valence-electron chi connectivity index (χ3n) is 0.731. The zero-order valence-electron chi connectivity index (χ0n) is 6.14. The van der Waals surface area contributed by atoms with E-state index in [2.05, 4.69) is 11.4 Å². The summed E-state index contributed by atoms with van der Waals surface area (Å²) in [7, 11) is 0. The second-order valence-electron chi connectivity index (χ2n) is 2.17. The zero-order valence-corrected chi connectivity index (χ0v) is 6.14. The van der Waals surface area contributed by atoms with Crippen molar-refractivity contribution in [3.63, 3.8) is 0 Å². The SMILES string of the molecule is C#CC(C)NOC(C)C. The molecular weight excluding hydrogens is 114 g/mol. The van der Waals surface area contributed by atoms with Crippen LogP contribution in [0.3, 0.4) is 0 Å². The lowest BCUT2D eigenvalue weighted by molar-refractivity contribution is -0.0128. The summed E-state index contributed by atoms with van der Waals surface area (Å²) in [5, 5.41) is 0. The van der Waals surface area contributed by atoms with E-state index in [1.165, 1.54) is 0 Å². The fourth-order valence-electron chi connectivity index (χ4n) is 0.272. The Balaban J connectivity index is 3.19. The van der Waals surface area contributed by atoms with Gasteiger partial charge in [0.2, 0.25) is 0 Å². The number of nitrogens with one attached hydrogen (secondary N) is 1. The first-order chi connectivity index (χ1) is 4.16. The zero-order chi connectivity index (χ0) is 7.28. The van der Waals surface area contributed by atoms with Gasteiger partial charge in [0.15, 0.2) is 0 Å². The van der Waals surface area contributed by atoms with Crippen LogP contribution in [0.25, 0.3) is 0 Å². The van der Waals surface area contributed by atoms with Crippen molar-refractivity contribution in [2.45, 2.75) is 32.9 Å². The molecule has 1 N–H and O–H groups in total. The Hall–Kier alpha value is -0.520. The first-order valence-electron chi connectivity index (χ1n) is 3.04. The summed E-state index contributed by atoms with van der Waals surface area (Å²) in [6.45, 7) is 5.74. The van der Waals surface area contributed by atoms with E-state index in [1.54, 1.807) is 0 Å². The van der Waals surface area contributed by atoms with E-state index in [0.29, 0.717) is 0 Å². The van der Waals surface area contributed by atoms with Gasteiger partial charge in [-0.25, -0.2) is 0 Å². The number of hydroxylamine groups is 1. The normalized spacial score (nSPS) is 13.2. The minimum atomic E-state index is -0.00704. The van der Waals surface area contributed by atoms with Gasteiger partial charge in [-0.15, -0.1) is 6.42 Å². The number of terminal acetylenes is 1. The maximum absolute atomic E-state index is 5.07. The van der Waals surface area contributed by atoms with E-state index in [4.69, 9.17) is 11.3 Å². The van der Waals surface area contributed by atoms with E-state index in [9.17, 15) is 0 Å². The lowest BCUT2D eigenvalue weighted by Gasteiger charge is -2.09. The molecule has 1 atom stereocenters. The highest BCUT2D eigenvalue weighted by molar-refractivity contribution is 4.93. The van der Waals surface area contributed by atoms with Crippen LogP contribution in [0.5, 0.6) is 0 Å². The standard InChI is InChI=1S/C7H13NO/c1-5-7(4)8-9-6(2)3/h1,6-8H,2-4H3. The summed E-state index contributed by atoms with van der Waals surface area (Å²) < 4.78 is 0. The smallest absolute Gasteiger partial charge is 0.0898 e. The van der Waals surface area contributed by atoms with E-state index in [1.807, 2.05) is 20.8 Å². The first kappa shape index (κ1) is 8.48. The lowest BCUT2D eigenvalue weighted by atomic mass is 10.4. The molecule has 0 saturated heterocycles. The van der Waals surface area contributed by atoms with Crippen LogP contribution in [0.1, 0.15) is 20.8 Å². The predicted octanol–water partition coefficient (Wildman–Crippen LogP) is 0.938. The second-order valence-corrected chi connectivity index (χ2v) is 2.17. The molecule has 1 unspecified atom stereocenters. The fraction of sp³-hybridized carbons (Fsp3) is 0.714. The van der Waals surface area contributed by atoms with E-state index in [0.717, 1.165) is 0 Å². The van der Waals surface area contributed by atoms with Gasteiger partial charge >= 0.3 is 0 Å². The van der Waals surface area contributed by atoms with Crippen LogP contribution in [0, 0.1) is 12.3 Å². The predicted molar refractivity (Wildman–Crippen MR) is 37.7 cm³/mol. The highest BCUT2D eigenvalue weighted by atomic mass is 16.7. The molecule has 0 bridgehead atoms. The van der Waals surface area contributed by atoms with Gasteiger partial charge in [0, 0.05) is 0 Å². The molecule has 9 heavy (non-hydrogen) atoms. The number of hydrogen-bond donors (Lipinski definition) is 1. The lowest BCUT2D eigenvalue weighted by Crippen LogP contribution is -2.27. The van der Waals surface area contributed by atoms with Gasteiger partial charge in [-0.05, 0) is 20.8 Å². The van der Waals surface area contributed by atoms with Crippen molar-refractivity contribution < 1.29 is 4.84 Å². The maximum Gasteiger partial charge on any atom is 0.0898 e. The molecule has 52 valence electrons. The highest BCUT2D eigenvalue weighted by Crippen LogP contribution is 1.84. The summed E-state index contributed by atoms with van der Waals surface area (Å²) in [4.78, 5) is 5.00.